The summed E-state index contributed by atoms with van der Waals surface area (Å²) in [6.45, 7) is 1.47. The van der Waals surface area contributed by atoms with Crippen LogP contribution in [0.3, 0.4) is 0 Å². The Morgan fingerprint density at radius 3 is 2.81 bits per heavy atom. The molecule has 0 aliphatic carbocycles. The second-order valence-corrected chi connectivity index (χ2v) is 5.91. The van der Waals surface area contributed by atoms with Gasteiger partial charge in [0.15, 0.2) is 11.8 Å². The summed E-state index contributed by atoms with van der Waals surface area (Å²) in [6.07, 6.45) is 2.28. The molecule has 26 heavy (non-hydrogen) atoms. The lowest BCUT2D eigenvalue weighted by molar-refractivity contribution is -0.123. The second-order valence-electron chi connectivity index (χ2n) is 5.47. The van der Waals surface area contributed by atoms with Gasteiger partial charge in [0.2, 0.25) is 0 Å². The number of nitrogens with zero attached hydrogens (tertiary/aromatic N) is 2. The molecule has 0 fully saturated rings. The van der Waals surface area contributed by atoms with Crippen molar-refractivity contribution in [1.82, 2.24) is 9.38 Å². The minimum atomic E-state index is -1.03. The van der Waals surface area contributed by atoms with E-state index in [4.69, 9.17) is 21.1 Å². The first-order valence-electron chi connectivity index (χ1n) is 7.77. The largest absolute Gasteiger partial charge is 0.495 e. The third kappa shape index (κ3) is 3.78. The van der Waals surface area contributed by atoms with E-state index in [-0.39, 0.29) is 5.69 Å². The Kier molecular flexibility index (Phi) is 5.09. The minimum absolute atomic E-state index is 0.121. The van der Waals surface area contributed by atoms with Crippen LogP contribution in [0.5, 0.6) is 5.75 Å². The lowest BCUT2D eigenvalue weighted by Crippen LogP contribution is -2.30. The number of carbonyl (C=O) groups excluding carboxylic acids is 2. The molecule has 2 aromatic heterocycles. The van der Waals surface area contributed by atoms with Crippen molar-refractivity contribution in [2.24, 2.45) is 0 Å². The Morgan fingerprint density at radius 1 is 1.27 bits per heavy atom. The highest BCUT2D eigenvalue weighted by molar-refractivity contribution is 6.31. The van der Waals surface area contributed by atoms with Crippen LogP contribution in [0, 0.1) is 0 Å². The summed E-state index contributed by atoms with van der Waals surface area (Å²) in [5.41, 5.74) is 1.12. The van der Waals surface area contributed by atoms with Crippen molar-refractivity contribution < 1.29 is 19.1 Å². The Labute approximate surface area is 154 Å². The molecule has 3 rings (SSSR count). The SMILES string of the molecule is COc1ccc(Cl)cc1NC(=O)[C@H](C)OC(=O)c1cn2ccccc2n1. The van der Waals surface area contributed by atoms with E-state index in [1.807, 2.05) is 12.1 Å². The van der Waals surface area contributed by atoms with Gasteiger partial charge in [0.1, 0.15) is 11.4 Å². The summed E-state index contributed by atoms with van der Waals surface area (Å²) in [5, 5.41) is 3.07. The van der Waals surface area contributed by atoms with Crippen LogP contribution in [-0.2, 0) is 9.53 Å². The van der Waals surface area contributed by atoms with E-state index in [2.05, 4.69) is 10.3 Å². The number of rotatable bonds is 5. The number of benzene rings is 1. The van der Waals surface area contributed by atoms with E-state index in [1.54, 1.807) is 41.1 Å². The van der Waals surface area contributed by atoms with Gasteiger partial charge in [-0.3, -0.25) is 4.79 Å². The van der Waals surface area contributed by atoms with Gasteiger partial charge in [0, 0.05) is 17.4 Å². The van der Waals surface area contributed by atoms with Crippen LogP contribution in [0.15, 0.2) is 48.8 Å². The molecule has 8 heteroatoms. The normalized spacial score (nSPS) is 11.8. The molecule has 0 aliphatic heterocycles. The van der Waals surface area contributed by atoms with Crippen molar-refractivity contribution in [3.05, 3.63) is 59.5 Å². The molecule has 1 aromatic carbocycles. The van der Waals surface area contributed by atoms with Crippen molar-refractivity contribution in [2.45, 2.75) is 13.0 Å². The van der Waals surface area contributed by atoms with Gasteiger partial charge in [-0.15, -0.1) is 0 Å². The molecule has 134 valence electrons. The molecule has 1 atom stereocenters. The first-order chi connectivity index (χ1) is 12.5. The number of esters is 1. The summed E-state index contributed by atoms with van der Waals surface area (Å²) in [5.74, 6) is -0.751. The number of halogens is 1. The standard InChI is InChI=1S/C18H16ClN3O4/c1-11(17(23)21-13-9-12(19)6-7-15(13)25-2)26-18(24)14-10-22-8-4-3-5-16(22)20-14/h3-11H,1-2H3,(H,21,23)/t11-/m0/s1. The number of anilines is 1. The zero-order chi connectivity index (χ0) is 18.7. The highest BCUT2D eigenvalue weighted by Gasteiger charge is 2.22. The van der Waals surface area contributed by atoms with Gasteiger partial charge in [-0.05, 0) is 37.3 Å². The van der Waals surface area contributed by atoms with Gasteiger partial charge in [-0.25, -0.2) is 9.78 Å². The van der Waals surface area contributed by atoms with Crippen molar-refractivity contribution in [2.75, 3.05) is 12.4 Å². The number of fused-ring (bicyclic) bond motifs is 1. The molecule has 0 unspecified atom stereocenters. The number of imidazole rings is 1. The van der Waals surface area contributed by atoms with Gasteiger partial charge >= 0.3 is 5.97 Å². The van der Waals surface area contributed by atoms with Crippen LogP contribution < -0.4 is 10.1 Å². The van der Waals surface area contributed by atoms with Crippen LogP contribution in [0.2, 0.25) is 5.02 Å². The average Bonchev–Trinajstić information content (AvgIpc) is 3.06. The minimum Gasteiger partial charge on any atom is -0.495 e. The van der Waals surface area contributed by atoms with Gasteiger partial charge in [-0.1, -0.05) is 17.7 Å². The number of aromatic nitrogens is 2. The van der Waals surface area contributed by atoms with E-state index in [0.29, 0.717) is 22.1 Å². The fraction of sp³-hybridized carbons (Fsp3) is 0.167. The van der Waals surface area contributed by atoms with E-state index in [9.17, 15) is 9.59 Å². The molecular weight excluding hydrogens is 358 g/mol. The third-order valence-electron chi connectivity index (χ3n) is 3.65. The maximum Gasteiger partial charge on any atom is 0.359 e. The monoisotopic (exact) mass is 373 g/mol. The maximum absolute atomic E-state index is 12.3. The predicted molar refractivity (Wildman–Crippen MR) is 96.7 cm³/mol. The summed E-state index contributed by atoms with van der Waals surface area (Å²) in [4.78, 5) is 28.7. The lowest BCUT2D eigenvalue weighted by atomic mass is 10.2. The van der Waals surface area contributed by atoms with Crippen molar-refractivity contribution in [1.29, 1.82) is 0 Å². The molecular formula is C18H16ClN3O4. The second kappa shape index (κ2) is 7.45. The van der Waals surface area contributed by atoms with E-state index >= 15 is 0 Å². The Balaban J connectivity index is 1.69. The van der Waals surface area contributed by atoms with E-state index in [0.717, 1.165) is 0 Å². The zero-order valence-electron chi connectivity index (χ0n) is 14.1. The van der Waals surface area contributed by atoms with Crippen molar-refractivity contribution in [3.8, 4) is 5.75 Å². The number of methoxy groups -OCH3 is 1. The number of pyridine rings is 1. The number of amides is 1. The van der Waals surface area contributed by atoms with Crippen LogP contribution in [-0.4, -0.2) is 34.5 Å². The molecule has 0 aliphatic rings. The predicted octanol–water partition coefficient (Wildman–Crippen LogP) is 3.18. The summed E-state index contributed by atoms with van der Waals surface area (Å²) < 4.78 is 12.1. The average molecular weight is 374 g/mol. The Bertz CT molecular complexity index is 937. The topological polar surface area (TPSA) is 81.9 Å². The molecule has 7 nitrogen and oxygen atoms in total. The number of ether oxygens (including phenoxy) is 2. The van der Waals surface area contributed by atoms with Gasteiger partial charge in [-0.2, -0.15) is 0 Å². The number of nitrogens with one attached hydrogen (secondary N) is 1. The Hall–Kier alpha value is -3.06. The first kappa shape index (κ1) is 17.8. The van der Waals surface area contributed by atoms with Crippen LogP contribution >= 0.6 is 11.6 Å². The summed E-state index contributed by atoms with van der Waals surface area (Å²) >= 11 is 5.94. The highest BCUT2D eigenvalue weighted by Crippen LogP contribution is 2.27. The molecule has 0 saturated heterocycles. The van der Waals surface area contributed by atoms with Crippen LogP contribution in [0.25, 0.3) is 5.65 Å². The van der Waals surface area contributed by atoms with E-state index < -0.39 is 18.0 Å². The van der Waals surface area contributed by atoms with Gasteiger partial charge in [0.25, 0.3) is 5.91 Å². The molecule has 0 spiro atoms. The molecule has 2 heterocycles. The number of hydrogen-bond acceptors (Lipinski definition) is 5. The third-order valence-corrected chi connectivity index (χ3v) is 3.88. The van der Waals surface area contributed by atoms with Crippen LogP contribution in [0.4, 0.5) is 5.69 Å². The summed E-state index contributed by atoms with van der Waals surface area (Å²) in [6, 6.07) is 10.2. The first-order valence-corrected chi connectivity index (χ1v) is 8.15. The van der Waals surface area contributed by atoms with Crippen molar-refractivity contribution in [3.63, 3.8) is 0 Å². The highest BCUT2D eigenvalue weighted by atomic mass is 35.5. The van der Waals surface area contributed by atoms with E-state index in [1.165, 1.54) is 14.0 Å². The fourth-order valence-corrected chi connectivity index (χ4v) is 2.49. The molecule has 1 amide bonds. The lowest BCUT2D eigenvalue weighted by Gasteiger charge is -2.15. The van der Waals surface area contributed by atoms with Gasteiger partial charge < -0.3 is 19.2 Å². The molecule has 1 N–H and O–H groups in total. The smallest absolute Gasteiger partial charge is 0.359 e. The molecule has 0 saturated carbocycles. The maximum atomic E-state index is 12.3. The Morgan fingerprint density at radius 2 is 2.08 bits per heavy atom. The van der Waals surface area contributed by atoms with Gasteiger partial charge in [0.05, 0.1) is 12.8 Å². The van der Waals surface area contributed by atoms with Crippen molar-refractivity contribution >= 4 is 34.8 Å². The molecule has 0 radical (unpaired) electrons. The van der Waals surface area contributed by atoms with Crippen LogP contribution in [0.1, 0.15) is 17.4 Å². The molecule has 3 aromatic rings. The zero-order valence-corrected chi connectivity index (χ0v) is 14.9. The molecule has 0 bridgehead atoms. The number of carbonyl (C=O) groups is 2. The summed E-state index contributed by atoms with van der Waals surface area (Å²) in [7, 11) is 1.48. The quantitative estimate of drug-likeness (QED) is 0.694. The fourth-order valence-electron chi connectivity index (χ4n) is 2.32. The number of hydrogen-bond donors (Lipinski definition) is 1.